The van der Waals surface area contributed by atoms with Crippen LogP contribution in [0.5, 0.6) is 0 Å². The van der Waals surface area contributed by atoms with Gasteiger partial charge in [0, 0.05) is 50.7 Å². The SMILES string of the molecule is CC(C)c1cc(F)cc(C(C)C)c1NC(=O)NSc1cc(C2(O)CCOCC2)n(C)n1. The van der Waals surface area contributed by atoms with Crippen LogP contribution in [0, 0.1) is 5.82 Å². The van der Waals surface area contributed by atoms with Crippen LogP contribution in [-0.2, 0) is 17.4 Å². The minimum Gasteiger partial charge on any atom is -0.383 e. The number of anilines is 1. The van der Waals surface area contributed by atoms with Crippen LogP contribution < -0.4 is 10.0 Å². The van der Waals surface area contributed by atoms with Gasteiger partial charge in [0.25, 0.3) is 0 Å². The van der Waals surface area contributed by atoms with Gasteiger partial charge in [0.1, 0.15) is 16.4 Å². The van der Waals surface area contributed by atoms with Gasteiger partial charge in [-0.25, -0.2) is 9.18 Å². The van der Waals surface area contributed by atoms with Crippen LogP contribution in [0.2, 0.25) is 0 Å². The highest BCUT2D eigenvalue weighted by Crippen LogP contribution is 2.35. The molecule has 3 N–H and O–H groups in total. The number of nitrogens with one attached hydrogen (secondary N) is 2. The molecular weight excluding hydrogens is 419 g/mol. The predicted octanol–water partition coefficient (Wildman–Crippen LogP) is 4.63. The van der Waals surface area contributed by atoms with E-state index in [1.807, 2.05) is 27.7 Å². The number of urea groups is 1. The Morgan fingerprint density at radius 3 is 2.32 bits per heavy atom. The minimum absolute atomic E-state index is 0.0507. The van der Waals surface area contributed by atoms with Gasteiger partial charge in [-0.15, -0.1) is 0 Å². The fourth-order valence-electron chi connectivity index (χ4n) is 3.83. The van der Waals surface area contributed by atoms with Crippen LogP contribution in [0.3, 0.4) is 0 Å². The van der Waals surface area contributed by atoms with E-state index in [0.29, 0.717) is 42.5 Å². The standard InChI is InChI=1S/C22H31FN4O3S/c1-13(2)16-10-15(23)11-17(14(3)4)20(16)24-21(28)26-31-19-12-18(27(5)25-19)22(29)6-8-30-9-7-22/h10-14,29H,6-9H2,1-5H3,(H2,24,26,28). The van der Waals surface area contributed by atoms with Crippen LogP contribution in [0.25, 0.3) is 0 Å². The third-order valence-corrected chi connectivity index (χ3v) is 6.25. The van der Waals surface area contributed by atoms with Crippen molar-refractivity contribution < 1.29 is 19.0 Å². The zero-order chi connectivity index (χ0) is 22.8. The molecule has 1 saturated heterocycles. The number of halogens is 1. The maximum absolute atomic E-state index is 14.1. The highest BCUT2D eigenvalue weighted by Gasteiger charge is 2.35. The normalized spacial score (nSPS) is 16.0. The van der Waals surface area contributed by atoms with Crippen molar-refractivity contribution in [3.8, 4) is 0 Å². The van der Waals surface area contributed by atoms with Gasteiger partial charge in [0.05, 0.1) is 5.69 Å². The molecule has 0 unspecified atom stereocenters. The van der Waals surface area contributed by atoms with E-state index in [-0.39, 0.29) is 17.7 Å². The van der Waals surface area contributed by atoms with E-state index in [9.17, 15) is 14.3 Å². The summed E-state index contributed by atoms with van der Waals surface area (Å²) in [5.41, 5.74) is 1.87. The molecular formula is C22H31FN4O3S. The van der Waals surface area contributed by atoms with E-state index >= 15 is 0 Å². The summed E-state index contributed by atoms with van der Waals surface area (Å²) in [5.74, 6) is -0.204. The molecule has 2 amide bonds. The van der Waals surface area contributed by atoms with Gasteiger partial charge in [0.2, 0.25) is 0 Å². The second-order valence-electron chi connectivity index (χ2n) is 8.56. The average Bonchev–Trinajstić information content (AvgIpc) is 3.09. The first-order valence-corrected chi connectivity index (χ1v) is 11.3. The number of aryl methyl sites for hydroxylation is 1. The molecule has 0 radical (unpaired) electrons. The van der Waals surface area contributed by atoms with E-state index in [1.54, 1.807) is 17.8 Å². The van der Waals surface area contributed by atoms with Crippen molar-refractivity contribution in [1.29, 1.82) is 0 Å². The number of carbonyl (C=O) groups is 1. The number of aromatic nitrogens is 2. The summed E-state index contributed by atoms with van der Waals surface area (Å²) in [6, 6.07) is 4.31. The maximum atomic E-state index is 14.1. The van der Waals surface area contributed by atoms with Crippen molar-refractivity contribution in [2.24, 2.45) is 7.05 Å². The first-order chi connectivity index (χ1) is 14.6. The first-order valence-electron chi connectivity index (χ1n) is 10.5. The highest BCUT2D eigenvalue weighted by molar-refractivity contribution is 7.97. The van der Waals surface area contributed by atoms with Crippen molar-refractivity contribution >= 4 is 23.7 Å². The van der Waals surface area contributed by atoms with E-state index < -0.39 is 11.6 Å². The monoisotopic (exact) mass is 450 g/mol. The van der Waals surface area contributed by atoms with Crippen molar-refractivity contribution in [1.82, 2.24) is 14.5 Å². The molecule has 2 aromatic rings. The molecule has 0 aliphatic carbocycles. The summed E-state index contributed by atoms with van der Waals surface area (Å²) >= 11 is 1.07. The summed E-state index contributed by atoms with van der Waals surface area (Å²) in [5, 5.41) is 18.8. The highest BCUT2D eigenvalue weighted by atomic mass is 32.2. The molecule has 1 aliphatic rings. The molecule has 31 heavy (non-hydrogen) atoms. The largest absolute Gasteiger partial charge is 0.383 e. The molecule has 1 fully saturated rings. The molecule has 0 atom stereocenters. The van der Waals surface area contributed by atoms with Crippen molar-refractivity contribution in [3.63, 3.8) is 0 Å². The Morgan fingerprint density at radius 1 is 1.19 bits per heavy atom. The lowest BCUT2D eigenvalue weighted by atomic mass is 9.91. The molecule has 0 spiro atoms. The molecule has 0 saturated carbocycles. The van der Waals surface area contributed by atoms with Crippen molar-refractivity contribution in [3.05, 3.63) is 40.8 Å². The number of aliphatic hydroxyl groups is 1. The molecule has 1 aromatic heterocycles. The van der Waals surface area contributed by atoms with Crippen LogP contribution in [-0.4, -0.2) is 34.1 Å². The lowest BCUT2D eigenvalue weighted by Gasteiger charge is -2.31. The van der Waals surface area contributed by atoms with Crippen molar-refractivity contribution in [2.75, 3.05) is 18.5 Å². The molecule has 7 nitrogen and oxygen atoms in total. The summed E-state index contributed by atoms with van der Waals surface area (Å²) in [7, 11) is 1.77. The lowest BCUT2D eigenvalue weighted by Crippen LogP contribution is -2.35. The third-order valence-electron chi connectivity index (χ3n) is 5.55. The summed E-state index contributed by atoms with van der Waals surface area (Å²) in [6.07, 6.45) is 1.01. The minimum atomic E-state index is -0.979. The number of ether oxygens (including phenoxy) is 1. The van der Waals surface area contributed by atoms with Gasteiger partial charge in [-0.2, -0.15) is 5.10 Å². The van der Waals surface area contributed by atoms with Crippen LogP contribution >= 0.6 is 11.9 Å². The molecule has 1 aromatic carbocycles. The average molecular weight is 451 g/mol. The van der Waals surface area contributed by atoms with Gasteiger partial charge in [-0.3, -0.25) is 9.40 Å². The van der Waals surface area contributed by atoms with Crippen LogP contribution in [0.4, 0.5) is 14.9 Å². The van der Waals surface area contributed by atoms with Crippen LogP contribution in [0.15, 0.2) is 23.2 Å². The zero-order valence-corrected chi connectivity index (χ0v) is 19.5. The molecule has 170 valence electrons. The number of hydrogen-bond donors (Lipinski definition) is 3. The van der Waals surface area contributed by atoms with Crippen LogP contribution in [0.1, 0.15) is 69.2 Å². The Hall–Kier alpha value is -2.10. The Balaban J connectivity index is 1.72. The Labute approximate surface area is 186 Å². The predicted molar refractivity (Wildman–Crippen MR) is 120 cm³/mol. The van der Waals surface area contributed by atoms with E-state index in [2.05, 4.69) is 15.1 Å². The van der Waals surface area contributed by atoms with Gasteiger partial charge in [-0.1, -0.05) is 27.7 Å². The number of benzene rings is 1. The van der Waals surface area contributed by atoms with Gasteiger partial charge in [-0.05, 0) is 41.2 Å². The van der Waals surface area contributed by atoms with Crippen molar-refractivity contribution in [2.45, 2.75) is 63.0 Å². The lowest BCUT2D eigenvalue weighted by molar-refractivity contribution is -0.0725. The van der Waals surface area contributed by atoms with Gasteiger partial charge >= 0.3 is 6.03 Å². The van der Waals surface area contributed by atoms with E-state index in [1.165, 1.54) is 12.1 Å². The summed E-state index contributed by atoms with van der Waals surface area (Å²) in [6.45, 7) is 8.86. The molecule has 1 aliphatic heterocycles. The molecule has 0 bridgehead atoms. The van der Waals surface area contributed by atoms with E-state index in [4.69, 9.17) is 4.74 Å². The fraction of sp³-hybridized carbons (Fsp3) is 0.545. The Bertz CT molecular complexity index is 910. The Morgan fingerprint density at radius 2 is 1.77 bits per heavy atom. The topological polar surface area (TPSA) is 88.4 Å². The summed E-state index contributed by atoms with van der Waals surface area (Å²) < 4.78 is 23.8. The van der Waals surface area contributed by atoms with Gasteiger partial charge in [0.15, 0.2) is 0 Å². The second-order valence-corrected chi connectivity index (χ2v) is 9.39. The third kappa shape index (κ3) is 5.39. The Kier molecular flexibility index (Phi) is 7.28. The summed E-state index contributed by atoms with van der Waals surface area (Å²) in [4.78, 5) is 12.6. The number of amides is 2. The maximum Gasteiger partial charge on any atom is 0.329 e. The number of carbonyl (C=O) groups excluding carboxylic acids is 1. The smallest absolute Gasteiger partial charge is 0.329 e. The molecule has 2 heterocycles. The fourth-order valence-corrected chi connectivity index (χ4v) is 4.42. The number of hydrogen-bond acceptors (Lipinski definition) is 5. The zero-order valence-electron chi connectivity index (χ0n) is 18.7. The second kappa shape index (κ2) is 9.58. The number of rotatable bonds is 6. The molecule has 9 heteroatoms. The number of nitrogens with zero attached hydrogens (tertiary/aromatic N) is 2. The quantitative estimate of drug-likeness (QED) is 0.559. The van der Waals surface area contributed by atoms with E-state index in [0.717, 1.165) is 23.1 Å². The van der Waals surface area contributed by atoms with Gasteiger partial charge < -0.3 is 15.2 Å². The molecule has 3 rings (SSSR count). The first kappa shape index (κ1) is 23.6.